The topological polar surface area (TPSA) is 55.1 Å². The van der Waals surface area contributed by atoms with Crippen molar-refractivity contribution in [3.63, 3.8) is 0 Å². The van der Waals surface area contributed by atoms with Crippen LogP contribution in [0.2, 0.25) is 0 Å². The molecule has 1 heterocycles. The van der Waals surface area contributed by atoms with Gasteiger partial charge in [0, 0.05) is 13.0 Å². The number of aromatic carboxylic acids is 1. The maximum Gasteiger partial charge on any atom is 0.335 e. The third kappa shape index (κ3) is 2.23. The summed E-state index contributed by atoms with van der Waals surface area (Å²) >= 11 is 0. The van der Waals surface area contributed by atoms with Gasteiger partial charge in [0.15, 0.2) is 0 Å². The van der Waals surface area contributed by atoms with Gasteiger partial charge < -0.3 is 9.67 Å². The van der Waals surface area contributed by atoms with Gasteiger partial charge in [-0.2, -0.15) is 0 Å². The van der Waals surface area contributed by atoms with E-state index >= 15 is 0 Å². The zero-order chi connectivity index (χ0) is 13.3. The molecule has 0 aliphatic rings. The maximum atomic E-state index is 11.0. The van der Waals surface area contributed by atoms with Crippen molar-refractivity contribution in [1.82, 2.24) is 9.55 Å². The molecule has 0 aliphatic heterocycles. The first-order valence-electron chi connectivity index (χ1n) is 6.25. The molecular weight excluding hydrogens is 228 g/mol. The van der Waals surface area contributed by atoms with E-state index < -0.39 is 5.97 Å². The van der Waals surface area contributed by atoms with Crippen LogP contribution >= 0.6 is 0 Å². The largest absolute Gasteiger partial charge is 0.478 e. The quantitative estimate of drug-likeness (QED) is 0.902. The Bertz CT molecular complexity index is 585. The van der Waals surface area contributed by atoms with Gasteiger partial charge in [-0.15, -0.1) is 0 Å². The summed E-state index contributed by atoms with van der Waals surface area (Å²) in [5.74, 6) is 0.669. The van der Waals surface area contributed by atoms with Crippen LogP contribution in [0.4, 0.5) is 0 Å². The van der Waals surface area contributed by atoms with Crippen molar-refractivity contribution in [2.45, 2.75) is 33.7 Å². The zero-order valence-electron chi connectivity index (χ0n) is 11.0. The Hall–Kier alpha value is -1.84. The van der Waals surface area contributed by atoms with E-state index in [4.69, 9.17) is 5.11 Å². The Balaban J connectivity index is 2.58. The number of imidazole rings is 1. The van der Waals surface area contributed by atoms with Crippen molar-refractivity contribution < 1.29 is 9.90 Å². The standard InChI is InChI=1S/C14H18N2O2/c1-4-16-12-8-10(14(17)18)5-6-11(12)15-13(16)7-9(2)3/h5-6,8-9H,4,7H2,1-3H3,(H,17,18). The minimum absolute atomic E-state index is 0.313. The molecule has 4 nitrogen and oxygen atoms in total. The first-order chi connectivity index (χ1) is 8.52. The van der Waals surface area contributed by atoms with E-state index in [-0.39, 0.29) is 0 Å². The first kappa shape index (κ1) is 12.6. The molecule has 96 valence electrons. The maximum absolute atomic E-state index is 11.0. The van der Waals surface area contributed by atoms with Crippen molar-refractivity contribution >= 4 is 17.0 Å². The molecule has 0 saturated heterocycles. The Kier molecular flexibility index (Phi) is 3.36. The van der Waals surface area contributed by atoms with Crippen molar-refractivity contribution in [3.8, 4) is 0 Å². The molecule has 0 unspecified atom stereocenters. The highest BCUT2D eigenvalue weighted by Crippen LogP contribution is 2.20. The average Bonchev–Trinajstić information content (AvgIpc) is 2.63. The van der Waals surface area contributed by atoms with Crippen LogP contribution in [0.15, 0.2) is 18.2 Å². The Labute approximate surface area is 106 Å². The predicted molar refractivity (Wildman–Crippen MR) is 70.9 cm³/mol. The van der Waals surface area contributed by atoms with E-state index in [9.17, 15) is 4.79 Å². The summed E-state index contributed by atoms with van der Waals surface area (Å²) < 4.78 is 2.10. The van der Waals surface area contributed by atoms with Gasteiger partial charge in [0.1, 0.15) is 5.82 Å². The van der Waals surface area contributed by atoms with Gasteiger partial charge in [-0.05, 0) is 31.0 Å². The van der Waals surface area contributed by atoms with Gasteiger partial charge in [-0.3, -0.25) is 0 Å². The molecule has 0 spiro atoms. The van der Waals surface area contributed by atoms with E-state index in [2.05, 4.69) is 30.3 Å². The number of rotatable bonds is 4. The second-order valence-electron chi connectivity index (χ2n) is 4.88. The molecular formula is C14H18N2O2. The highest BCUT2D eigenvalue weighted by atomic mass is 16.4. The van der Waals surface area contributed by atoms with Crippen LogP contribution in [0.25, 0.3) is 11.0 Å². The number of aromatic nitrogens is 2. The lowest BCUT2D eigenvalue weighted by Crippen LogP contribution is -2.05. The lowest BCUT2D eigenvalue weighted by atomic mass is 10.1. The van der Waals surface area contributed by atoms with Crippen molar-refractivity contribution in [2.75, 3.05) is 0 Å². The molecule has 0 bridgehead atoms. The molecule has 0 amide bonds. The van der Waals surface area contributed by atoms with Crippen LogP contribution < -0.4 is 0 Å². The van der Waals surface area contributed by atoms with Gasteiger partial charge >= 0.3 is 5.97 Å². The van der Waals surface area contributed by atoms with Crippen LogP contribution in [0.1, 0.15) is 37.0 Å². The molecule has 1 aromatic heterocycles. The van der Waals surface area contributed by atoms with Crippen LogP contribution in [0.3, 0.4) is 0 Å². The molecule has 0 aliphatic carbocycles. The number of hydrogen-bond acceptors (Lipinski definition) is 2. The summed E-state index contributed by atoms with van der Waals surface area (Å²) in [6, 6.07) is 5.10. The zero-order valence-corrected chi connectivity index (χ0v) is 11.0. The van der Waals surface area contributed by atoms with Crippen molar-refractivity contribution in [3.05, 3.63) is 29.6 Å². The number of benzene rings is 1. The molecule has 0 radical (unpaired) electrons. The minimum atomic E-state index is -0.897. The Morgan fingerprint density at radius 1 is 1.44 bits per heavy atom. The summed E-state index contributed by atoms with van der Waals surface area (Å²) in [5, 5.41) is 9.03. The summed E-state index contributed by atoms with van der Waals surface area (Å²) in [6.45, 7) is 7.17. The van der Waals surface area contributed by atoms with Gasteiger partial charge in [-0.25, -0.2) is 9.78 Å². The van der Waals surface area contributed by atoms with Crippen LogP contribution in [-0.2, 0) is 13.0 Å². The molecule has 0 saturated carbocycles. The molecule has 2 aromatic rings. The van der Waals surface area contributed by atoms with E-state index in [1.807, 2.05) is 0 Å². The fourth-order valence-corrected chi connectivity index (χ4v) is 2.18. The number of hydrogen-bond donors (Lipinski definition) is 1. The normalized spacial score (nSPS) is 11.3. The van der Waals surface area contributed by atoms with Crippen molar-refractivity contribution in [2.24, 2.45) is 5.92 Å². The number of carboxylic acid groups (broad SMARTS) is 1. The monoisotopic (exact) mass is 246 g/mol. The molecule has 0 fully saturated rings. The highest BCUT2D eigenvalue weighted by Gasteiger charge is 2.13. The second-order valence-corrected chi connectivity index (χ2v) is 4.88. The van der Waals surface area contributed by atoms with Gasteiger partial charge in [0.25, 0.3) is 0 Å². The lowest BCUT2D eigenvalue weighted by Gasteiger charge is -2.08. The van der Waals surface area contributed by atoms with E-state index in [1.165, 1.54) is 0 Å². The van der Waals surface area contributed by atoms with Crippen LogP contribution in [0.5, 0.6) is 0 Å². The molecule has 18 heavy (non-hydrogen) atoms. The first-order valence-corrected chi connectivity index (χ1v) is 6.25. The van der Waals surface area contributed by atoms with Gasteiger partial charge in [0.05, 0.1) is 16.6 Å². The number of aryl methyl sites for hydroxylation is 1. The molecule has 0 atom stereocenters. The number of nitrogens with zero attached hydrogens (tertiary/aromatic N) is 2. The highest BCUT2D eigenvalue weighted by molar-refractivity contribution is 5.92. The van der Waals surface area contributed by atoms with Crippen LogP contribution in [-0.4, -0.2) is 20.6 Å². The summed E-state index contributed by atoms with van der Waals surface area (Å²) in [7, 11) is 0. The Morgan fingerprint density at radius 2 is 2.17 bits per heavy atom. The fraction of sp³-hybridized carbons (Fsp3) is 0.429. The lowest BCUT2D eigenvalue weighted by molar-refractivity contribution is 0.0697. The second kappa shape index (κ2) is 4.80. The molecule has 2 rings (SSSR count). The van der Waals surface area contributed by atoms with E-state index in [0.717, 1.165) is 29.8 Å². The third-order valence-corrected chi connectivity index (χ3v) is 2.98. The number of carboxylic acids is 1. The minimum Gasteiger partial charge on any atom is -0.478 e. The van der Waals surface area contributed by atoms with Crippen LogP contribution in [0, 0.1) is 5.92 Å². The van der Waals surface area contributed by atoms with E-state index in [1.54, 1.807) is 18.2 Å². The van der Waals surface area contributed by atoms with Gasteiger partial charge in [-0.1, -0.05) is 13.8 Å². The van der Waals surface area contributed by atoms with Gasteiger partial charge in [0.2, 0.25) is 0 Å². The fourth-order valence-electron chi connectivity index (χ4n) is 2.18. The summed E-state index contributed by atoms with van der Waals surface area (Å²) in [6.07, 6.45) is 0.908. The molecule has 1 aromatic carbocycles. The predicted octanol–water partition coefficient (Wildman–Crippen LogP) is 2.95. The summed E-state index contributed by atoms with van der Waals surface area (Å²) in [5.41, 5.74) is 2.10. The Morgan fingerprint density at radius 3 is 2.72 bits per heavy atom. The smallest absolute Gasteiger partial charge is 0.335 e. The molecule has 4 heteroatoms. The molecule has 1 N–H and O–H groups in total. The summed E-state index contributed by atoms with van der Waals surface area (Å²) in [4.78, 5) is 15.6. The third-order valence-electron chi connectivity index (χ3n) is 2.98. The average molecular weight is 246 g/mol. The number of carbonyl (C=O) groups is 1. The van der Waals surface area contributed by atoms with Crippen molar-refractivity contribution in [1.29, 1.82) is 0 Å². The SMILES string of the molecule is CCn1c(CC(C)C)nc2ccc(C(=O)O)cc21. The number of fused-ring (bicyclic) bond motifs is 1. The van der Waals surface area contributed by atoms with E-state index in [0.29, 0.717) is 11.5 Å².